The predicted octanol–water partition coefficient (Wildman–Crippen LogP) is -0.455. The van der Waals surface area contributed by atoms with Gasteiger partial charge < -0.3 is 14.9 Å². The lowest BCUT2D eigenvalue weighted by Crippen LogP contribution is -2.11. The molecule has 18 heavy (non-hydrogen) atoms. The van der Waals surface area contributed by atoms with Crippen LogP contribution in [0.1, 0.15) is 19.8 Å². The monoisotopic (exact) mass is 282 g/mol. The summed E-state index contributed by atoms with van der Waals surface area (Å²) in [5.41, 5.74) is -0.114. The average Bonchev–Trinajstić information content (AvgIpc) is 2.28. The van der Waals surface area contributed by atoms with Crippen molar-refractivity contribution < 1.29 is 32.3 Å². The first kappa shape index (κ1) is 17.0. The van der Waals surface area contributed by atoms with Crippen LogP contribution in [0, 0.1) is 0 Å². The Bertz CT molecular complexity index is 372. The molecule has 0 saturated heterocycles. The van der Waals surface area contributed by atoms with Crippen LogP contribution in [0.2, 0.25) is 0 Å². The SMILES string of the molecule is CC(=CS(=O)(=O)OCCCO)C(=O)OCCCO. The van der Waals surface area contributed by atoms with Crippen LogP contribution in [0.5, 0.6) is 0 Å². The summed E-state index contributed by atoms with van der Waals surface area (Å²) in [5, 5.41) is 17.6. The predicted molar refractivity (Wildman–Crippen MR) is 63.0 cm³/mol. The van der Waals surface area contributed by atoms with Crippen LogP contribution in [-0.4, -0.2) is 51.0 Å². The van der Waals surface area contributed by atoms with Gasteiger partial charge in [0.25, 0.3) is 10.1 Å². The minimum atomic E-state index is -3.95. The Balaban J connectivity index is 4.32. The summed E-state index contributed by atoms with van der Waals surface area (Å²) in [6.45, 7) is 0.863. The van der Waals surface area contributed by atoms with E-state index in [-0.39, 0.29) is 38.4 Å². The highest BCUT2D eigenvalue weighted by atomic mass is 32.2. The number of carbonyl (C=O) groups is 1. The molecule has 7 nitrogen and oxygen atoms in total. The van der Waals surface area contributed by atoms with Crippen LogP contribution in [0.15, 0.2) is 11.0 Å². The molecule has 0 atom stereocenters. The van der Waals surface area contributed by atoms with Crippen molar-refractivity contribution in [1.29, 1.82) is 0 Å². The van der Waals surface area contributed by atoms with Crippen LogP contribution in [0.25, 0.3) is 0 Å². The van der Waals surface area contributed by atoms with Crippen molar-refractivity contribution >= 4 is 16.1 Å². The van der Waals surface area contributed by atoms with Gasteiger partial charge in [0, 0.05) is 25.2 Å². The zero-order valence-electron chi connectivity index (χ0n) is 10.2. The molecule has 0 aliphatic heterocycles. The molecule has 0 aromatic heterocycles. The van der Waals surface area contributed by atoms with Gasteiger partial charge in [-0.15, -0.1) is 0 Å². The first-order chi connectivity index (χ1) is 8.43. The van der Waals surface area contributed by atoms with E-state index in [2.05, 4.69) is 8.92 Å². The summed E-state index contributed by atoms with van der Waals surface area (Å²) >= 11 is 0. The Labute approximate surface area is 106 Å². The minimum absolute atomic E-state index is 0.0198. The Hall–Kier alpha value is -0.960. The van der Waals surface area contributed by atoms with Crippen LogP contribution < -0.4 is 0 Å². The van der Waals surface area contributed by atoms with E-state index < -0.39 is 16.1 Å². The van der Waals surface area contributed by atoms with E-state index >= 15 is 0 Å². The van der Waals surface area contributed by atoms with Crippen molar-refractivity contribution in [3.63, 3.8) is 0 Å². The average molecular weight is 282 g/mol. The molecular weight excluding hydrogens is 264 g/mol. The number of esters is 1. The molecule has 0 bridgehead atoms. The normalized spacial score (nSPS) is 12.5. The largest absolute Gasteiger partial charge is 0.462 e. The lowest BCUT2D eigenvalue weighted by atomic mass is 10.3. The smallest absolute Gasteiger partial charge is 0.334 e. The van der Waals surface area contributed by atoms with E-state index in [0.29, 0.717) is 11.8 Å². The third-order valence-electron chi connectivity index (χ3n) is 1.73. The third kappa shape index (κ3) is 8.18. The van der Waals surface area contributed by atoms with Crippen molar-refractivity contribution in [1.82, 2.24) is 0 Å². The second-order valence-corrected chi connectivity index (χ2v) is 4.86. The van der Waals surface area contributed by atoms with Crippen LogP contribution in [-0.2, 0) is 23.8 Å². The molecular formula is C10H18O7S. The summed E-state index contributed by atoms with van der Waals surface area (Å²) < 4.78 is 31.8. The Morgan fingerprint density at radius 2 is 1.72 bits per heavy atom. The van der Waals surface area contributed by atoms with Crippen molar-refractivity contribution in [2.24, 2.45) is 0 Å². The quantitative estimate of drug-likeness (QED) is 0.255. The van der Waals surface area contributed by atoms with Gasteiger partial charge in [-0.2, -0.15) is 8.42 Å². The molecule has 0 rings (SSSR count). The van der Waals surface area contributed by atoms with Gasteiger partial charge in [-0.05, 0) is 13.3 Å². The van der Waals surface area contributed by atoms with Gasteiger partial charge in [-0.3, -0.25) is 4.18 Å². The van der Waals surface area contributed by atoms with Gasteiger partial charge in [0.05, 0.1) is 18.6 Å². The van der Waals surface area contributed by atoms with Crippen molar-refractivity contribution in [2.45, 2.75) is 19.8 Å². The van der Waals surface area contributed by atoms with Crippen molar-refractivity contribution in [3.05, 3.63) is 11.0 Å². The minimum Gasteiger partial charge on any atom is -0.462 e. The molecule has 2 N–H and O–H groups in total. The molecule has 0 radical (unpaired) electrons. The highest BCUT2D eigenvalue weighted by Crippen LogP contribution is 2.05. The molecule has 8 heteroatoms. The fourth-order valence-corrected chi connectivity index (χ4v) is 1.83. The van der Waals surface area contributed by atoms with E-state index in [1.165, 1.54) is 6.92 Å². The van der Waals surface area contributed by atoms with E-state index in [4.69, 9.17) is 10.2 Å². The van der Waals surface area contributed by atoms with Gasteiger partial charge in [-0.25, -0.2) is 4.79 Å². The summed E-state index contributed by atoms with van der Waals surface area (Å²) in [7, 11) is -3.95. The number of aliphatic hydroxyl groups excluding tert-OH is 2. The van der Waals surface area contributed by atoms with Gasteiger partial charge in [0.2, 0.25) is 0 Å². The van der Waals surface area contributed by atoms with E-state index in [9.17, 15) is 13.2 Å². The van der Waals surface area contributed by atoms with Crippen LogP contribution in [0.3, 0.4) is 0 Å². The number of rotatable bonds is 9. The van der Waals surface area contributed by atoms with E-state index in [1.807, 2.05) is 0 Å². The molecule has 0 aliphatic rings. The molecule has 0 spiro atoms. The van der Waals surface area contributed by atoms with Crippen molar-refractivity contribution in [3.8, 4) is 0 Å². The zero-order valence-corrected chi connectivity index (χ0v) is 11.0. The van der Waals surface area contributed by atoms with Gasteiger partial charge >= 0.3 is 5.97 Å². The summed E-state index contributed by atoms with van der Waals surface area (Å²) in [6, 6.07) is 0. The molecule has 0 saturated carbocycles. The summed E-state index contributed by atoms with van der Waals surface area (Å²) in [4.78, 5) is 11.3. The summed E-state index contributed by atoms with van der Waals surface area (Å²) in [5.74, 6) is -0.780. The molecule has 0 unspecified atom stereocenters. The number of hydrogen-bond acceptors (Lipinski definition) is 7. The highest BCUT2D eigenvalue weighted by Gasteiger charge is 2.13. The molecule has 0 heterocycles. The maximum atomic E-state index is 11.3. The molecule has 0 aliphatic carbocycles. The maximum Gasteiger partial charge on any atom is 0.334 e. The molecule has 0 amide bonds. The Morgan fingerprint density at radius 3 is 2.28 bits per heavy atom. The fourth-order valence-electron chi connectivity index (χ4n) is 0.882. The first-order valence-corrected chi connectivity index (χ1v) is 6.86. The second-order valence-electron chi connectivity index (χ2n) is 3.41. The standard InChI is InChI=1S/C10H18O7S/c1-9(10(13)16-6-2-4-11)8-18(14,15)17-7-3-5-12/h8,11-12H,2-7H2,1H3. The third-order valence-corrected chi connectivity index (χ3v) is 2.87. The number of hydrogen-bond donors (Lipinski definition) is 2. The van der Waals surface area contributed by atoms with Crippen LogP contribution >= 0.6 is 0 Å². The van der Waals surface area contributed by atoms with E-state index in [0.717, 1.165) is 0 Å². The van der Waals surface area contributed by atoms with E-state index in [1.54, 1.807) is 0 Å². The number of aliphatic hydroxyl groups is 2. The number of ether oxygens (including phenoxy) is 1. The van der Waals surface area contributed by atoms with Gasteiger partial charge in [0.1, 0.15) is 0 Å². The van der Waals surface area contributed by atoms with Gasteiger partial charge in [0.15, 0.2) is 0 Å². The molecule has 0 fully saturated rings. The Kier molecular flexibility index (Phi) is 8.55. The summed E-state index contributed by atoms with van der Waals surface area (Å²) in [6.07, 6.45) is 0.478. The first-order valence-electron chi connectivity index (χ1n) is 5.39. The van der Waals surface area contributed by atoms with Crippen LogP contribution in [0.4, 0.5) is 0 Å². The van der Waals surface area contributed by atoms with Crippen molar-refractivity contribution in [2.75, 3.05) is 26.4 Å². The lowest BCUT2D eigenvalue weighted by molar-refractivity contribution is -0.139. The maximum absolute atomic E-state index is 11.3. The lowest BCUT2D eigenvalue weighted by Gasteiger charge is -2.04. The highest BCUT2D eigenvalue weighted by molar-refractivity contribution is 7.89. The fraction of sp³-hybridized carbons (Fsp3) is 0.700. The molecule has 0 aromatic carbocycles. The number of carbonyl (C=O) groups excluding carboxylic acids is 1. The molecule has 0 aromatic rings. The zero-order chi connectivity index (χ0) is 14.0. The van der Waals surface area contributed by atoms with Gasteiger partial charge in [-0.1, -0.05) is 0 Å². The topological polar surface area (TPSA) is 110 Å². The molecule has 106 valence electrons. The second kappa shape index (κ2) is 9.03. The Morgan fingerprint density at radius 1 is 1.17 bits per heavy atom.